The van der Waals surface area contributed by atoms with Crippen molar-refractivity contribution in [3.63, 3.8) is 0 Å². The lowest BCUT2D eigenvalue weighted by Crippen LogP contribution is -2.54. The van der Waals surface area contributed by atoms with Crippen molar-refractivity contribution in [2.24, 2.45) is 17.6 Å². The number of nitrogens with two attached hydrogens (primary N) is 1. The van der Waals surface area contributed by atoms with E-state index in [2.05, 4.69) is 37.6 Å². The summed E-state index contributed by atoms with van der Waals surface area (Å²) in [5.41, 5.74) is 8.71. The second-order valence-corrected chi connectivity index (χ2v) is 10.5. The van der Waals surface area contributed by atoms with Gasteiger partial charge in [-0.25, -0.2) is 8.78 Å². The molecule has 0 saturated heterocycles. The Morgan fingerprint density at radius 1 is 1.31 bits per heavy atom. The van der Waals surface area contributed by atoms with Crippen molar-refractivity contribution in [1.82, 2.24) is 10.2 Å². The molecule has 0 amide bonds. The molecule has 0 saturated carbocycles. The van der Waals surface area contributed by atoms with Crippen molar-refractivity contribution in [2.45, 2.75) is 95.4 Å². The third-order valence-electron chi connectivity index (χ3n) is 7.71. The molecule has 196 valence electrons. The van der Waals surface area contributed by atoms with Crippen LogP contribution in [0.5, 0.6) is 0 Å². The SMILES string of the molecule is C=CCN(C(O)[C@H](C[C@@H]1C=C(F)CC(F)C1)NC(=C)C1=CCC[C@H](C(N)O)C1)[C@@H]1CC=C(C)CC1. The Hall–Kier alpha value is -1.80. The molecule has 0 aromatic rings. The Kier molecular flexibility index (Phi) is 10.3. The molecule has 0 aromatic heterocycles. The third-order valence-corrected chi connectivity index (χ3v) is 7.71. The number of aliphatic hydroxyl groups excluding tert-OH is 2. The van der Waals surface area contributed by atoms with Gasteiger partial charge in [-0.05, 0) is 75.9 Å². The summed E-state index contributed by atoms with van der Waals surface area (Å²) in [6, 6.07) is -0.333. The van der Waals surface area contributed by atoms with Crippen LogP contribution < -0.4 is 11.1 Å². The van der Waals surface area contributed by atoms with Gasteiger partial charge >= 0.3 is 0 Å². The van der Waals surface area contributed by atoms with Crippen LogP contribution in [0.1, 0.15) is 64.7 Å². The Labute approximate surface area is 209 Å². The first kappa shape index (κ1) is 27.8. The molecule has 5 N–H and O–H groups in total. The van der Waals surface area contributed by atoms with E-state index in [9.17, 15) is 19.0 Å². The Morgan fingerprint density at radius 2 is 2.09 bits per heavy atom. The fraction of sp³-hybridized carbons (Fsp3) is 0.643. The van der Waals surface area contributed by atoms with Gasteiger partial charge in [-0.2, -0.15) is 0 Å². The highest BCUT2D eigenvalue weighted by Crippen LogP contribution is 2.33. The van der Waals surface area contributed by atoms with Crippen LogP contribution in [-0.4, -0.2) is 52.4 Å². The van der Waals surface area contributed by atoms with E-state index < -0.39 is 30.5 Å². The average molecular weight is 492 g/mol. The minimum atomic E-state index is -1.21. The minimum absolute atomic E-state index is 0.0471. The van der Waals surface area contributed by atoms with E-state index in [0.717, 1.165) is 37.7 Å². The summed E-state index contributed by atoms with van der Waals surface area (Å²) >= 11 is 0. The smallest absolute Gasteiger partial charge is 0.128 e. The highest BCUT2D eigenvalue weighted by Gasteiger charge is 2.34. The Balaban J connectivity index is 1.80. The first-order valence-corrected chi connectivity index (χ1v) is 13.0. The molecule has 0 fully saturated rings. The molecule has 0 radical (unpaired) electrons. The largest absolute Gasteiger partial charge is 0.379 e. The maximum atomic E-state index is 14.2. The highest BCUT2D eigenvalue weighted by atomic mass is 19.1. The summed E-state index contributed by atoms with van der Waals surface area (Å²) in [6.07, 6.45) is 10.0. The monoisotopic (exact) mass is 491 g/mol. The van der Waals surface area contributed by atoms with Crippen molar-refractivity contribution >= 4 is 0 Å². The first-order chi connectivity index (χ1) is 16.7. The van der Waals surface area contributed by atoms with Crippen LogP contribution in [0.3, 0.4) is 0 Å². The van der Waals surface area contributed by atoms with Gasteiger partial charge in [0.1, 0.15) is 18.6 Å². The molecule has 0 bridgehead atoms. The molecular formula is C28H43F2N3O2. The standard InChI is InChI=1S/C28H43F2N3O2/c1-4-12-33(25-10-8-18(2)9-11-25)28(35)26(15-20-13-23(29)17-24(30)14-20)32-19(3)21-6-5-7-22(16-21)27(31)34/h4,6,8,13,20,22,24-28,32,34-35H,1,3,5,7,9-12,14-17,31H2,2H3/t20-,22+,24?,25-,26+,27?,28?/m1/s1. The predicted octanol–water partition coefficient (Wildman–Crippen LogP) is 4.76. The number of rotatable bonds is 11. The zero-order valence-corrected chi connectivity index (χ0v) is 21.0. The summed E-state index contributed by atoms with van der Waals surface area (Å²) in [6.45, 7) is 10.7. The second kappa shape index (κ2) is 12.9. The fourth-order valence-electron chi connectivity index (χ4n) is 5.66. The molecule has 3 aliphatic carbocycles. The molecule has 0 heterocycles. The van der Waals surface area contributed by atoms with Crippen LogP contribution in [-0.2, 0) is 0 Å². The van der Waals surface area contributed by atoms with Crippen molar-refractivity contribution < 1.29 is 19.0 Å². The van der Waals surface area contributed by atoms with Crippen LogP contribution in [0.15, 0.2) is 60.1 Å². The summed E-state index contributed by atoms with van der Waals surface area (Å²) < 4.78 is 28.2. The molecule has 5 nitrogen and oxygen atoms in total. The van der Waals surface area contributed by atoms with E-state index in [1.54, 1.807) is 6.08 Å². The van der Waals surface area contributed by atoms with Gasteiger partial charge in [-0.1, -0.05) is 30.4 Å². The molecular weight excluding hydrogens is 448 g/mol. The normalized spacial score (nSPS) is 30.0. The Morgan fingerprint density at radius 3 is 2.71 bits per heavy atom. The van der Waals surface area contributed by atoms with Gasteiger partial charge in [0.25, 0.3) is 0 Å². The molecule has 3 aliphatic rings. The number of nitrogens with one attached hydrogen (secondary N) is 1. The molecule has 3 unspecified atom stereocenters. The van der Waals surface area contributed by atoms with Crippen LogP contribution in [0.4, 0.5) is 8.78 Å². The summed E-state index contributed by atoms with van der Waals surface area (Å²) in [4.78, 5) is 2.04. The highest BCUT2D eigenvalue weighted by molar-refractivity contribution is 5.29. The zero-order valence-electron chi connectivity index (χ0n) is 21.0. The van der Waals surface area contributed by atoms with E-state index >= 15 is 0 Å². The van der Waals surface area contributed by atoms with Crippen LogP contribution in [0.2, 0.25) is 0 Å². The first-order valence-electron chi connectivity index (χ1n) is 13.0. The molecule has 35 heavy (non-hydrogen) atoms. The quantitative estimate of drug-likeness (QED) is 0.248. The number of hydrogen-bond acceptors (Lipinski definition) is 5. The molecule has 3 rings (SSSR count). The maximum Gasteiger partial charge on any atom is 0.128 e. The van der Waals surface area contributed by atoms with E-state index in [4.69, 9.17) is 5.73 Å². The van der Waals surface area contributed by atoms with Gasteiger partial charge in [0.2, 0.25) is 0 Å². The van der Waals surface area contributed by atoms with Gasteiger partial charge in [0.15, 0.2) is 0 Å². The lowest BCUT2D eigenvalue weighted by atomic mass is 9.85. The van der Waals surface area contributed by atoms with Gasteiger partial charge < -0.3 is 21.3 Å². The van der Waals surface area contributed by atoms with E-state index in [1.807, 2.05) is 4.90 Å². The van der Waals surface area contributed by atoms with E-state index in [1.165, 1.54) is 11.6 Å². The van der Waals surface area contributed by atoms with Gasteiger partial charge in [-0.3, -0.25) is 4.90 Å². The fourth-order valence-corrected chi connectivity index (χ4v) is 5.66. The van der Waals surface area contributed by atoms with Crippen LogP contribution in [0, 0.1) is 11.8 Å². The molecule has 0 aromatic carbocycles. The molecule has 7 atom stereocenters. The van der Waals surface area contributed by atoms with E-state index in [-0.39, 0.29) is 30.7 Å². The minimum Gasteiger partial charge on any atom is -0.379 e. The van der Waals surface area contributed by atoms with Gasteiger partial charge in [0.05, 0.1) is 11.9 Å². The molecule has 0 aliphatic heterocycles. The summed E-state index contributed by atoms with van der Waals surface area (Å²) in [5, 5.41) is 24.9. The van der Waals surface area contributed by atoms with Crippen molar-refractivity contribution in [2.75, 3.05) is 6.54 Å². The topological polar surface area (TPSA) is 81.8 Å². The lowest BCUT2D eigenvalue weighted by molar-refractivity contribution is -0.0471. The predicted molar refractivity (Wildman–Crippen MR) is 137 cm³/mol. The number of alkyl halides is 1. The third kappa shape index (κ3) is 7.84. The van der Waals surface area contributed by atoms with Crippen molar-refractivity contribution in [3.05, 3.63) is 60.1 Å². The lowest BCUT2D eigenvalue weighted by Gasteiger charge is -2.41. The number of halogens is 2. The zero-order chi connectivity index (χ0) is 25.5. The second-order valence-electron chi connectivity index (χ2n) is 10.5. The number of aliphatic hydroxyl groups is 2. The van der Waals surface area contributed by atoms with Crippen molar-refractivity contribution in [3.8, 4) is 0 Å². The maximum absolute atomic E-state index is 14.2. The van der Waals surface area contributed by atoms with Gasteiger partial charge in [-0.15, -0.1) is 6.58 Å². The number of hydrogen-bond donors (Lipinski definition) is 4. The van der Waals surface area contributed by atoms with Gasteiger partial charge in [0, 0.05) is 30.6 Å². The van der Waals surface area contributed by atoms with Crippen LogP contribution >= 0.6 is 0 Å². The number of nitrogens with zero attached hydrogens (tertiary/aromatic N) is 1. The molecule has 7 heteroatoms. The summed E-state index contributed by atoms with van der Waals surface area (Å²) in [5.74, 6) is -0.794. The Bertz CT molecular complexity index is 838. The van der Waals surface area contributed by atoms with E-state index in [0.29, 0.717) is 25.1 Å². The number of allylic oxidation sites excluding steroid dienone is 5. The molecule has 0 spiro atoms. The van der Waals surface area contributed by atoms with Crippen molar-refractivity contribution in [1.29, 1.82) is 0 Å². The van der Waals surface area contributed by atoms with Crippen LogP contribution in [0.25, 0.3) is 0 Å². The average Bonchev–Trinajstić information content (AvgIpc) is 2.82. The summed E-state index contributed by atoms with van der Waals surface area (Å²) in [7, 11) is 0.